The molecule has 0 saturated carbocycles. The van der Waals surface area contributed by atoms with Crippen molar-refractivity contribution in [3.63, 3.8) is 0 Å². The van der Waals surface area contributed by atoms with Crippen LogP contribution in [0.25, 0.3) is 0 Å². The van der Waals surface area contributed by atoms with Crippen molar-refractivity contribution in [2.45, 2.75) is 60.0 Å². The lowest BCUT2D eigenvalue weighted by molar-refractivity contribution is 0.148. The Morgan fingerprint density at radius 3 is 2.05 bits per heavy atom. The minimum absolute atomic E-state index is 0.221. The Kier molecular flexibility index (Phi) is 7.81. The number of hydrogen-bond acceptors (Lipinski definition) is 2. The first-order valence-corrected chi connectivity index (χ1v) is 8.41. The van der Waals surface area contributed by atoms with Crippen LogP contribution in [0, 0.1) is 11.8 Å². The lowest BCUT2D eigenvalue weighted by Gasteiger charge is -2.24. The largest absolute Gasteiger partial charge is 0.489 e. The Morgan fingerprint density at radius 2 is 1.57 bits per heavy atom. The standard InChI is InChI=1S/C19H33NO/c1-7-16(6)17-8-10-18(11-9-17)21-19(15(4)5)13-20-12-14(2)3/h8-11,14-16,19-20H,7,12-13H2,1-6H3. The summed E-state index contributed by atoms with van der Waals surface area (Å²) in [7, 11) is 0. The fourth-order valence-electron chi connectivity index (χ4n) is 2.21. The van der Waals surface area contributed by atoms with E-state index in [9.17, 15) is 0 Å². The molecule has 2 nitrogen and oxygen atoms in total. The first-order chi connectivity index (χ1) is 9.93. The second kappa shape index (κ2) is 9.09. The summed E-state index contributed by atoms with van der Waals surface area (Å²) in [6, 6.07) is 8.61. The molecule has 0 amide bonds. The Bertz CT molecular complexity index is 383. The third-order valence-corrected chi connectivity index (χ3v) is 3.99. The van der Waals surface area contributed by atoms with Crippen LogP contribution in [0.15, 0.2) is 24.3 Å². The molecule has 1 aromatic carbocycles. The van der Waals surface area contributed by atoms with Crippen molar-refractivity contribution in [2.75, 3.05) is 13.1 Å². The molecule has 2 atom stereocenters. The Hall–Kier alpha value is -1.02. The van der Waals surface area contributed by atoms with Crippen molar-refractivity contribution in [1.82, 2.24) is 5.32 Å². The predicted molar refractivity (Wildman–Crippen MR) is 92.1 cm³/mol. The maximum absolute atomic E-state index is 6.16. The van der Waals surface area contributed by atoms with Crippen LogP contribution in [-0.2, 0) is 0 Å². The van der Waals surface area contributed by atoms with E-state index >= 15 is 0 Å². The van der Waals surface area contributed by atoms with Crippen molar-refractivity contribution in [1.29, 1.82) is 0 Å². The van der Waals surface area contributed by atoms with Crippen molar-refractivity contribution in [3.05, 3.63) is 29.8 Å². The number of benzene rings is 1. The molecular formula is C19H33NO. The molecule has 0 fully saturated rings. The third kappa shape index (κ3) is 6.52. The van der Waals surface area contributed by atoms with E-state index < -0.39 is 0 Å². The average Bonchev–Trinajstić information content (AvgIpc) is 2.45. The highest BCUT2D eigenvalue weighted by Gasteiger charge is 2.15. The van der Waals surface area contributed by atoms with E-state index in [1.165, 1.54) is 12.0 Å². The summed E-state index contributed by atoms with van der Waals surface area (Å²) >= 11 is 0. The van der Waals surface area contributed by atoms with Gasteiger partial charge >= 0.3 is 0 Å². The zero-order valence-corrected chi connectivity index (χ0v) is 14.6. The molecule has 0 saturated heterocycles. The van der Waals surface area contributed by atoms with Gasteiger partial charge in [0.05, 0.1) is 0 Å². The van der Waals surface area contributed by atoms with Gasteiger partial charge in [-0.1, -0.05) is 53.7 Å². The van der Waals surface area contributed by atoms with E-state index in [-0.39, 0.29) is 6.10 Å². The quantitative estimate of drug-likeness (QED) is 0.702. The second-order valence-corrected chi connectivity index (χ2v) is 6.83. The van der Waals surface area contributed by atoms with Gasteiger partial charge in [0.25, 0.3) is 0 Å². The lowest BCUT2D eigenvalue weighted by atomic mass is 9.99. The molecule has 120 valence electrons. The fraction of sp³-hybridized carbons (Fsp3) is 0.684. The predicted octanol–water partition coefficient (Wildman–Crippen LogP) is 4.85. The summed E-state index contributed by atoms with van der Waals surface area (Å²) in [6.45, 7) is 15.3. The zero-order valence-electron chi connectivity index (χ0n) is 14.6. The molecule has 1 rings (SSSR count). The van der Waals surface area contributed by atoms with Gasteiger partial charge < -0.3 is 10.1 Å². The van der Waals surface area contributed by atoms with Gasteiger partial charge in [0.15, 0.2) is 0 Å². The van der Waals surface area contributed by atoms with Crippen LogP contribution in [0.3, 0.4) is 0 Å². The highest BCUT2D eigenvalue weighted by atomic mass is 16.5. The van der Waals surface area contributed by atoms with Crippen LogP contribution < -0.4 is 10.1 Å². The van der Waals surface area contributed by atoms with Crippen molar-refractivity contribution in [3.8, 4) is 5.75 Å². The summed E-state index contributed by atoms with van der Waals surface area (Å²) in [5.41, 5.74) is 1.39. The van der Waals surface area contributed by atoms with Crippen LogP contribution in [0.5, 0.6) is 5.75 Å². The summed E-state index contributed by atoms with van der Waals surface area (Å²) in [6.07, 6.45) is 1.40. The molecule has 0 aliphatic carbocycles. The van der Waals surface area contributed by atoms with Gasteiger partial charge in [-0.25, -0.2) is 0 Å². The minimum Gasteiger partial charge on any atom is -0.489 e. The lowest BCUT2D eigenvalue weighted by Crippen LogP contribution is -2.36. The van der Waals surface area contributed by atoms with Crippen LogP contribution in [-0.4, -0.2) is 19.2 Å². The van der Waals surface area contributed by atoms with Gasteiger partial charge in [0.1, 0.15) is 11.9 Å². The van der Waals surface area contributed by atoms with E-state index in [0.29, 0.717) is 17.8 Å². The highest BCUT2D eigenvalue weighted by Crippen LogP contribution is 2.22. The molecule has 0 aliphatic heterocycles. The number of hydrogen-bond donors (Lipinski definition) is 1. The average molecular weight is 291 g/mol. The molecule has 0 heterocycles. The van der Waals surface area contributed by atoms with Crippen molar-refractivity contribution >= 4 is 0 Å². The van der Waals surface area contributed by atoms with Gasteiger partial charge in [0.2, 0.25) is 0 Å². The van der Waals surface area contributed by atoms with Gasteiger partial charge in [-0.15, -0.1) is 0 Å². The first kappa shape index (κ1) is 18.0. The molecule has 0 radical (unpaired) electrons. The van der Waals surface area contributed by atoms with Crippen LogP contribution in [0.1, 0.15) is 59.4 Å². The summed E-state index contributed by atoms with van der Waals surface area (Å²) in [5.74, 6) is 2.77. The second-order valence-electron chi connectivity index (χ2n) is 6.83. The van der Waals surface area contributed by atoms with E-state index in [0.717, 1.165) is 18.8 Å². The van der Waals surface area contributed by atoms with Crippen LogP contribution in [0.4, 0.5) is 0 Å². The molecule has 21 heavy (non-hydrogen) atoms. The summed E-state index contributed by atoms with van der Waals surface area (Å²) in [4.78, 5) is 0. The maximum Gasteiger partial charge on any atom is 0.119 e. The number of rotatable bonds is 9. The molecule has 1 N–H and O–H groups in total. The number of nitrogens with one attached hydrogen (secondary N) is 1. The van der Waals surface area contributed by atoms with E-state index in [2.05, 4.69) is 71.1 Å². The van der Waals surface area contributed by atoms with Crippen molar-refractivity contribution in [2.24, 2.45) is 11.8 Å². The Balaban J connectivity index is 2.58. The van der Waals surface area contributed by atoms with Crippen LogP contribution >= 0.6 is 0 Å². The van der Waals surface area contributed by atoms with Crippen LogP contribution in [0.2, 0.25) is 0 Å². The van der Waals surface area contributed by atoms with E-state index in [1.54, 1.807) is 0 Å². The fourth-order valence-corrected chi connectivity index (χ4v) is 2.21. The SMILES string of the molecule is CCC(C)c1ccc(OC(CNCC(C)C)C(C)C)cc1. The van der Waals surface area contributed by atoms with Gasteiger partial charge in [-0.05, 0) is 48.4 Å². The molecule has 1 aromatic rings. The Labute approximate surface area is 131 Å². The monoisotopic (exact) mass is 291 g/mol. The Morgan fingerprint density at radius 1 is 0.952 bits per heavy atom. The smallest absolute Gasteiger partial charge is 0.119 e. The molecule has 0 aliphatic rings. The zero-order chi connectivity index (χ0) is 15.8. The normalized spacial score (nSPS) is 14.5. The molecule has 0 spiro atoms. The maximum atomic E-state index is 6.16. The summed E-state index contributed by atoms with van der Waals surface area (Å²) in [5, 5.41) is 3.50. The molecule has 2 heteroatoms. The highest BCUT2D eigenvalue weighted by molar-refractivity contribution is 5.29. The molecule has 0 bridgehead atoms. The minimum atomic E-state index is 0.221. The van der Waals surface area contributed by atoms with Gasteiger partial charge in [-0.3, -0.25) is 0 Å². The van der Waals surface area contributed by atoms with E-state index in [1.807, 2.05) is 0 Å². The summed E-state index contributed by atoms with van der Waals surface area (Å²) < 4.78 is 6.16. The topological polar surface area (TPSA) is 21.3 Å². The molecule has 2 unspecified atom stereocenters. The van der Waals surface area contributed by atoms with Gasteiger partial charge in [0, 0.05) is 6.54 Å². The molecule has 0 aromatic heterocycles. The van der Waals surface area contributed by atoms with Gasteiger partial charge in [-0.2, -0.15) is 0 Å². The van der Waals surface area contributed by atoms with E-state index in [4.69, 9.17) is 4.74 Å². The third-order valence-electron chi connectivity index (χ3n) is 3.99. The molecular weight excluding hydrogens is 258 g/mol. The number of ether oxygens (including phenoxy) is 1. The van der Waals surface area contributed by atoms with Crippen molar-refractivity contribution < 1.29 is 4.74 Å². The first-order valence-electron chi connectivity index (χ1n) is 8.41.